The van der Waals surface area contributed by atoms with E-state index in [1.807, 2.05) is 6.92 Å². The number of hydrogen-bond donors (Lipinski definition) is 3. The van der Waals surface area contributed by atoms with E-state index in [9.17, 15) is 24.9 Å². The standard InChI is InChI=1S/C26H31NO6/c1-13-10-25-14(2)8-18-19(24(18,3)4)17(21(25)31)9-16(12-29)20(30)26(25,32)22(13)33-23-15(11-28)6-5-7-27-23/h5-7,9-11,14,17-20,22,29-30,32H,8,12H2,1-4H3/t14-,17+,18-,19+,20-,22+,25?,26+/m1/s1. The van der Waals surface area contributed by atoms with E-state index in [1.54, 1.807) is 31.2 Å². The molecule has 5 rings (SSSR count). The lowest BCUT2D eigenvalue weighted by Gasteiger charge is -2.49. The zero-order valence-corrected chi connectivity index (χ0v) is 19.4. The van der Waals surface area contributed by atoms with Gasteiger partial charge in [0.25, 0.3) is 0 Å². The highest BCUT2D eigenvalue weighted by Crippen LogP contribution is 2.71. The number of carbonyl (C=O) groups excluding carboxylic acids is 2. The Hall–Kier alpha value is -2.35. The number of aliphatic hydroxyl groups excluding tert-OH is 2. The number of allylic oxidation sites excluding steroid dienone is 1. The first-order chi connectivity index (χ1) is 15.5. The maximum atomic E-state index is 14.3. The summed E-state index contributed by atoms with van der Waals surface area (Å²) in [6.07, 6.45) is 3.64. The van der Waals surface area contributed by atoms with Crippen LogP contribution in [0.2, 0.25) is 0 Å². The lowest BCUT2D eigenvalue weighted by molar-refractivity contribution is -0.186. The summed E-state index contributed by atoms with van der Waals surface area (Å²) < 4.78 is 6.12. The van der Waals surface area contributed by atoms with E-state index in [0.29, 0.717) is 17.8 Å². The molecule has 1 heterocycles. The molecular formula is C26H31NO6. The molecule has 0 aromatic carbocycles. The van der Waals surface area contributed by atoms with Crippen LogP contribution >= 0.6 is 0 Å². The monoisotopic (exact) mass is 453 g/mol. The number of hydrogen-bond acceptors (Lipinski definition) is 7. The van der Waals surface area contributed by atoms with Crippen LogP contribution in [-0.2, 0) is 4.79 Å². The maximum absolute atomic E-state index is 14.3. The molecule has 4 aliphatic rings. The molecule has 1 unspecified atom stereocenters. The van der Waals surface area contributed by atoms with E-state index in [2.05, 4.69) is 18.8 Å². The second-order valence-electron chi connectivity index (χ2n) is 10.9. The van der Waals surface area contributed by atoms with Crippen molar-refractivity contribution in [2.24, 2.45) is 34.5 Å². The van der Waals surface area contributed by atoms with Gasteiger partial charge >= 0.3 is 0 Å². The summed E-state index contributed by atoms with van der Waals surface area (Å²) in [5, 5.41) is 34.1. The predicted molar refractivity (Wildman–Crippen MR) is 119 cm³/mol. The highest BCUT2D eigenvalue weighted by molar-refractivity contribution is 5.95. The Labute approximate surface area is 193 Å². The van der Waals surface area contributed by atoms with Crippen LogP contribution in [-0.4, -0.2) is 56.8 Å². The fourth-order valence-electron chi connectivity index (χ4n) is 7.30. The predicted octanol–water partition coefficient (Wildman–Crippen LogP) is 2.11. The van der Waals surface area contributed by atoms with E-state index >= 15 is 0 Å². The summed E-state index contributed by atoms with van der Waals surface area (Å²) in [7, 11) is 0. The molecule has 7 nitrogen and oxygen atoms in total. The summed E-state index contributed by atoms with van der Waals surface area (Å²) in [6.45, 7) is 7.55. The number of aldehydes is 1. The zero-order valence-electron chi connectivity index (χ0n) is 19.4. The molecule has 2 fully saturated rings. The minimum absolute atomic E-state index is 0.0240. The molecule has 1 aromatic rings. The second-order valence-corrected chi connectivity index (χ2v) is 10.9. The van der Waals surface area contributed by atoms with E-state index in [4.69, 9.17) is 4.74 Å². The minimum atomic E-state index is -2.06. The molecular weight excluding hydrogens is 422 g/mol. The molecule has 0 radical (unpaired) electrons. The molecule has 0 saturated heterocycles. The fraction of sp³-hybridized carbons (Fsp3) is 0.577. The molecule has 33 heavy (non-hydrogen) atoms. The van der Waals surface area contributed by atoms with Gasteiger partial charge in [0.1, 0.15) is 6.10 Å². The summed E-state index contributed by atoms with van der Waals surface area (Å²) in [5.74, 6) is -0.495. The number of nitrogens with zero attached hydrogens (tertiary/aromatic N) is 1. The van der Waals surface area contributed by atoms with Crippen LogP contribution in [0.4, 0.5) is 0 Å². The van der Waals surface area contributed by atoms with Crippen molar-refractivity contribution in [1.82, 2.24) is 4.98 Å². The molecule has 2 bridgehead atoms. The van der Waals surface area contributed by atoms with Crippen LogP contribution in [0.25, 0.3) is 0 Å². The molecule has 3 N–H and O–H groups in total. The number of fused-ring (bicyclic) bond motifs is 3. The largest absolute Gasteiger partial charge is 0.466 e. The second kappa shape index (κ2) is 7.08. The van der Waals surface area contributed by atoms with E-state index in [0.717, 1.165) is 6.42 Å². The third kappa shape index (κ3) is 2.64. The molecule has 0 amide bonds. The quantitative estimate of drug-likeness (QED) is 0.472. The first kappa shape index (κ1) is 22.4. The topological polar surface area (TPSA) is 117 Å². The van der Waals surface area contributed by atoms with Crippen LogP contribution in [0, 0.1) is 34.5 Å². The molecule has 1 aromatic heterocycles. The SMILES string of the molecule is CC1=CC23C(=O)[C@@H](C=C(CO)[C@@H](O)[C@]2(O)[C@H]1Oc1ncccc1C=O)[C@H]1[C@@H](C[C@H]3C)C1(C)C. The third-order valence-electron chi connectivity index (χ3n) is 9.05. The number of ether oxygens (including phenoxy) is 1. The van der Waals surface area contributed by atoms with Crippen molar-refractivity contribution in [3.63, 3.8) is 0 Å². The normalized spacial score (nSPS) is 42.8. The number of Topliss-reactive ketones (excluding diaryl/α,β-unsaturated/α-hetero) is 1. The Morgan fingerprint density at radius 3 is 2.73 bits per heavy atom. The van der Waals surface area contributed by atoms with Crippen LogP contribution in [0.15, 0.2) is 41.6 Å². The van der Waals surface area contributed by atoms with Crippen molar-refractivity contribution < 1.29 is 29.6 Å². The van der Waals surface area contributed by atoms with Gasteiger partial charge in [0, 0.05) is 12.1 Å². The molecule has 4 aliphatic carbocycles. The van der Waals surface area contributed by atoms with Crippen molar-refractivity contribution in [3.05, 3.63) is 47.2 Å². The van der Waals surface area contributed by atoms with Gasteiger partial charge in [-0.1, -0.05) is 32.9 Å². The number of aliphatic hydroxyl groups is 3. The van der Waals surface area contributed by atoms with Crippen LogP contribution in [0.1, 0.15) is 44.5 Å². The first-order valence-electron chi connectivity index (χ1n) is 11.6. The van der Waals surface area contributed by atoms with Crippen molar-refractivity contribution in [2.45, 2.75) is 51.9 Å². The number of carbonyl (C=O) groups is 2. The molecule has 0 aliphatic heterocycles. The fourth-order valence-corrected chi connectivity index (χ4v) is 7.30. The molecule has 2 saturated carbocycles. The Kier molecular flexibility index (Phi) is 4.81. The smallest absolute Gasteiger partial charge is 0.224 e. The average Bonchev–Trinajstić information content (AvgIpc) is 3.28. The third-order valence-corrected chi connectivity index (χ3v) is 9.05. The van der Waals surface area contributed by atoms with Crippen molar-refractivity contribution in [3.8, 4) is 5.88 Å². The van der Waals surface area contributed by atoms with Gasteiger partial charge in [0.05, 0.1) is 17.6 Å². The first-order valence-corrected chi connectivity index (χ1v) is 11.6. The number of aromatic nitrogens is 1. The van der Waals surface area contributed by atoms with Gasteiger partial charge < -0.3 is 20.1 Å². The van der Waals surface area contributed by atoms with Crippen LogP contribution < -0.4 is 4.74 Å². The number of rotatable bonds is 4. The summed E-state index contributed by atoms with van der Waals surface area (Å²) in [6, 6.07) is 3.16. The average molecular weight is 454 g/mol. The Balaban J connectivity index is 1.70. The van der Waals surface area contributed by atoms with Crippen LogP contribution in [0.3, 0.4) is 0 Å². The Morgan fingerprint density at radius 1 is 1.33 bits per heavy atom. The molecule has 1 spiro atoms. The number of ketones is 1. The highest BCUT2D eigenvalue weighted by atomic mass is 16.5. The molecule has 176 valence electrons. The van der Waals surface area contributed by atoms with E-state index in [-0.39, 0.29) is 40.1 Å². The summed E-state index contributed by atoms with van der Waals surface area (Å²) >= 11 is 0. The van der Waals surface area contributed by atoms with Gasteiger partial charge in [-0.3, -0.25) is 9.59 Å². The lowest BCUT2D eigenvalue weighted by atomic mass is 9.59. The molecule has 8 atom stereocenters. The number of pyridine rings is 1. The zero-order chi connectivity index (χ0) is 23.9. The van der Waals surface area contributed by atoms with Crippen LogP contribution in [0.5, 0.6) is 5.88 Å². The van der Waals surface area contributed by atoms with E-state index < -0.39 is 35.7 Å². The van der Waals surface area contributed by atoms with Gasteiger partial charge in [-0.05, 0) is 59.8 Å². The summed E-state index contributed by atoms with van der Waals surface area (Å²) in [5.41, 5.74) is -2.46. The molecule has 7 heteroatoms. The van der Waals surface area contributed by atoms with Gasteiger partial charge in [0.2, 0.25) is 5.88 Å². The van der Waals surface area contributed by atoms with Gasteiger partial charge in [-0.25, -0.2) is 4.98 Å². The summed E-state index contributed by atoms with van der Waals surface area (Å²) in [4.78, 5) is 30.0. The maximum Gasteiger partial charge on any atom is 0.224 e. The van der Waals surface area contributed by atoms with Crippen molar-refractivity contribution in [2.75, 3.05) is 6.61 Å². The lowest BCUT2D eigenvalue weighted by Crippen LogP contribution is -2.66. The Bertz CT molecular complexity index is 1090. The van der Waals surface area contributed by atoms with Gasteiger partial charge in [0.15, 0.2) is 23.8 Å². The Morgan fingerprint density at radius 2 is 2.06 bits per heavy atom. The highest BCUT2D eigenvalue weighted by Gasteiger charge is 2.76. The van der Waals surface area contributed by atoms with E-state index in [1.165, 1.54) is 6.20 Å². The van der Waals surface area contributed by atoms with Gasteiger partial charge in [-0.15, -0.1) is 0 Å². The van der Waals surface area contributed by atoms with Gasteiger partial charge in [-0.2, -0.15) is 0 Å². The van der Waals surface area contributed by atoms with Crippen molar-refractivity contribution >= 4 is 12.1 Å². The minimum Gasteiger partial charge on any atom is -0.466 e. The van der Waals surface area contributed by atoms with Crippen molar-refractivity contribution in [1.29, 1.82) is 0 Å².